The van der Waals surface area contributed by atoms with Crippen molar-refractivity contribution < 1.29 is 18.7 Å². The van der Waals surface area contributed by atoms with Crippen LogP contribution in [0.5, 0.6) is 0 Å². The van der Waals surface area contributed by atoms with E-state index in [-0.39, 0.29) is 16.1 Å². The monoisotopic (exact) mass is 269 g/mol. The average molecular weight is 269 g/mol. The third kappa shape index (κ3) is 2.24. The molecule has 0 saturated heterocycles. The highest BCUT2D eigenvalue weighted by atomic mass is 32.1. The van der Waals surface area contributed by atoms with Crippen LogP contribution in [0.2, 0.25) is 0 Å². The largest absolute Gasteiger partial charge is 0.477 e. The second-order valence-corrected chi connectivity index (χ2v) is 4.65. The second-order valence-electron chi connectivity index (χ2n) is 3.57. The van der Waals surface area contributed by atoms with Gasteiger partial charge in [-0.1, -0.05) is 6.92 Å². The van der Waals surface area contributed by atoms with Gasteiger partial charge in [-0.3, -0.25) is 0 Å². The zero-order chi connectivity index (χ0) is 13.3. The summed E-state index contributed by atoms with van der Waals surface area (Å²) in [6.07, 6.45) is 0.563. The molecule has 0 amide bonds. The number of carboxylic acids is 1. The Hall–Kier alpha value is -1.82. The number of halogens is 2. The first-order valence-electron chi connectivity index (χ1n) is 5.21. The number of aromatic nitrogens is 1. The Morgan fingerprint density at radius 1 is 1.44 bits per heavy atom. The van der Waals surface area contributed by atoms with Crippen LogP contribution in [0.1, 0.15) is 21.6 Å². The Balaban J connectivity index is 2.62. The van der Waals surface area contributed by atoms with Crippen molar-refractivity contribution in [3.05, 3.63) is 39.7 Å². The number of carboxylic acid groups (broad SMARTS) is 1. The Morgan fingerprint density at radius 2 is 2.17 bits per heavy atom. The van der Waals surface area contributed by atoms with Crippen LogP contribution in [0.25, 0.3) is 11.3 Å². The summed E-state index contributed by atoms with van der Waals surface area (Å²) in [6, 6.07) is 2.99. The Bertz CT molecular complexity index is 610. The van der Waals surface area contributed by atoms with Crippen molar-refractivity contribution in [3.63, 3.8) is 0 Å². The zero-order valence-corrected chi connectivity index (χ0v) is 10.2. The van der Waals surface area contributed by atoms with E-state index in [0.717, 1.165) is 17.4 Å². The number of rotatable bonds is 3. The number of aryl methyl sites for hydroxylation is 1. The van der Waals surface area contributed by atoms with E-state index in [0.29, 0.717) is 17.5 Å². The fourth-order valence-corrected chi connectivity index (χ4v) is 2.38. The zero-order valence-electron chi connectivity index (χ0n) is 9.41. The molecule has 0 aliphatic rings. The van der Waals surface area contributed by atoms with Gasteiger partial charge in [-0.2, -0.15) is 0 Å². The van der Waals surface area contributed by atoms with Crippen LogP contribution in [0.15, 0.2) is 18.2 Å². The predicted molar refractivity (Wildman–Crippen MR) is 63.8 cm³/mol. The molecule has 3 nitrogen and oxygen atoms in total. The fourth-order valence-electron chi connectivity index (χ4n) is 1.52. The third-order valence-corrected chi connectivity index (χ3v) is 3.54. The molecule has 0 radical (unpaired) electrons. The lowest BCUT2D eigenvalue weighted by Crippen LogP contribution is -1.97. The molecule has 0 aliphatic carbocycles. The van der Waals surface area contributed by atoms with Gasteiger partial charge < -0.3 is 5.11 Å². The van der Waals surface area contributed by atoms with Crippen molar-refractivity contribution in [2.45, 2.75) is 13.3 Å². The summed E-state index contributed by atoms with van der Waals surface area (Å²) in [5.41, 5.74) is 0.0617. The van der Waals surface area contributed by atoms with Crippen molar-refractivity contribution in [1.29, 1.82) is 0 Å². The first kappa shape index (κ1) is 12.6. The molecule has 6 heteroatoms. The van der Waals surface area contributed by atoms with E-state index in [1.54, 1.807) is 0 Å². The minimum absolute atomic E-state index is 0.00440. The van der Waals surface area contributed by atoms with Gasteiger partial charge in [0, 0.05) is 11.6 Å². The fraction of sp³-hybridized carbons (Fsp3) is 0.167. The van der Waals surface area contributed by atoms with Crippen LogP contribution in [0.3, 0.4) is 0 Å². The molecule has 0 aliphatic heterocycles. The summed E-state index contributed by atoms with van der Waals surface area (Å²) in [4.78, 5) is 15.1. The third-order valence-electron chi connectivity index (χ3n) is 2.35. The number of thiazole rings is 1. The van der Waals surface area contributed by atoms with Gasteiger partial charge in [-0.05, 0) is 18.6 Å². The molecule has 1 N–H and O–H groups in total. The minimum Gasteiger partial charge on any atom is -0.477 e. The lowest BCUT2D eigenvalue weighted by atomic mass is 10.1. The van der Waals surface area contributed by atoms with Gasteiger partial charge in [-0.15, -0.1) is 11.3 Å². The van der Waals surface area contributed by atoms with E-state index in [2.05, 4.69) is 4.98 Å². The Kier molecular flexibility index (Phi) is 3.38. The summed E-state index contributed by atoms with van der Waals surface area (Å²) < 4.78 is 26.4. The standard InChI is InChI=1S/C12H9F2NO2S/c1-2-9-15-10(11(18-9)12(16)17)7-4-3-6(13)5-8(7)14/h3-5H,2H2,1H3,(H,16,17). The molecule has 0 bridgehead atoms. The normalized spacial score (nSPS) is 10.6. The van der Waals surface area contributed by atoms with Crippen molar-refractivity contribution in [2.24, 2.45) is 0 Å². The van der Waals surface area contributed by atoms with Crippen LogP contribution < -0.4 is 0 Å². The van der Waals surface area contributed by atoms with E-state index in [4.69, 9.17) is 5.11 Å². The van der Waals surface area contributed by atoms with Crippen molar-refractivity contribution in [3.8, 4) is 11.3 Å². The molecular weight excluding hydrogens is 260 g/mol. The molecule has 1 heterocycles. The maximum absolute atomic E-state index is 13.6. The topological polar surface area (TPSA) is 50.2 Å². The maximum Gasteiger partial charge on any atom is 0.348 e. The van der Waals surface area contributed by atoms with E-state index >= 15 is 0 Å². The smallest absolute Gasteiger partial charge is 0.348 e. The molecule has 0 fully saturated rings. The van der Waals surface area contributed by atoms with E-state index in [1.807, 2.05) is 6.92 Å². The first-order valence-corrected chi connectivity index (χ1v) is 6.03. The Labute approximate surface area is 106 Å². The number of nitrogens with zero attached hydrogens (tertiary/aromatic N) is 1. The average Bonchev–Trinajstić information content (AvgIpc) is 2.73. The first-order chi connectivity index (χ1) is 8.52. The van der Waals surface area contributed by atoms with Crippen LogP contribution in [-0.2, 0) is 6.42 Å². The van der Waals surface area contributed by atoms with Gasteiger partial charge in [0.05, 0.1) is 10.7 Å². The number of hydrogen-bond acceptors (Lipinski definition) is 3. The van der Waals surface area contributed by atoms with Crippen LogP contribution >= 0.6 is 11.3 Å². The van der Waals surface area contributed by atoms with Gasteiger partial charge in [0.2, 0.25) is 0 Å². The molecule has 1 aromatic heterocycles. The molecule has 2 rings (SSSR count). The van der Waals surface area contributed by atoms with Gasteiger partial charge >= 0.3 is 5.97 Å². The lowest BCUT2D eigenvalue weighted by molar-refractivity contribution is 0.0702. The van der Waals surface area contributed by atoms with Gasteiger partial charge in [0.15, 0.2) is 0 Å². The van der Waals surface area contributed by atoms with Gasteiger partial charge in [-0.25, -0.2) is 18.6 Å². The van der Waals surface area contributed by atoms with Gasteiger partial charge in [0.1, 0.15) is 16.5 Å². The molecule has 1 aromatic carbocycles. The molecule has 0 spiro atoms. The van der Waals surface area contributed by atoms with Crippen LogP contribution in [-0.4, -0.2) is 16.1 Å². The van der Waals surface area contributed by atoms with Crippen LogP contribution in [0, 0.1) is 11.6 Å². The van der Waals surface area contributed by atoms with E-state index in [1.165, 1.54) is 6.07 Å². The highest BCUT2D eigenvalue weighted by Crippen LogP contribution is 2.30. The molecule has 18 heavy (non-hydrogen) atoms. The number of benzene rings is 1. The van der Waals surface area contributed by atoms with Gasteiger partial charge in [0.25, 0.3) is 0 Å². The minimum atomic E-state index is -1.16. The van der Waals surface area contributed by atoms with Crippen molar-refractivity contribution in [1.82, 2.24) is 4.98 Å². The Morgan fingerprint density at radius 3 is 2.72 bits per heavy atom. The SMILES string of the molecule is CCc1nc(-c2ccc(F)cc2F)c(C(=O)O)s1. The van der Waals surface area contributed by atoms with Crippen molar-refractivity contribution in [2.75, 3.05) is 0 Å². The van der Waals surface area contributed by atoms with E-state index < -0.39 is 17.6 Å². The second kappa shape index (κ2) is 4.81. The lowest BCUT2D eigenvalue weighted by Gasteiger charge is -2.01. The van der Waals surface area contributed by atoms with E-state index in [9.17, 15) is 13.6 Å². The molecule has 2 aromatic rings. The highest BCUT2D eigenvalue weighted by Gasteiger charge is 2.20. The summed E-state index contributed by atoms with van der Waals surface area (Å²) in [5.74, 6) is -2.68. The molecule has 0 saturated carbocycles. The molecular formula is C12H9F2NO2S. The van der Waals surface area contributed by atoms with Crippen molar-refractivity contribution >= 4 is 17.3 Å². The number of carbonyl (C=O) groups is 1. The van der Waals surface area contributed by atoms with Crippen LogP contribution in [0.4, 0.5) is 8.78 Å². The number of hydrogen-bond donors (Lipinski definition) is 1. The number of aromatic carboxylic acids is 1. The maximum atomic E-state index is 13.6. The summed E-state index contributed by atoms with van der Waals surface area (Å²) in [7, 11) is 0. The summed E-state index contributed by atoms with van der Waals surface area (Å²) in [6.45, 7) is 1.83. The predicted octanol–water partition coefficient (Wildman–Crippen LogP) is 3.35. The quantitative estimate of drug-likeness (QED) is 0.929. The summed E-state index contributed by atoms with van der Waals surface area (Å²) >= 11 is 1.00. The highest BCUT2D eigenvalue weighted by molar-refractivity contribution is 7.14. The molecule has 0 atom stereocenters. The summed E-state index contributed by atoms with van der Waals surface area (Å²) in [5, 5.41) is 9.66. The molecule has 0 unspecified atom stereocenters. The molecule has 94 valence electrons.